The fraction of sp³-hybridized carbons (Fsp3) is 0.259. The van der Waals surface area contributed by atoms with E-state index in [-0.39, 0.29) is 16.7 Å². The van der Waals surface area contributed by atoms with E-state index < -0.39 is 5.97 Å². The van der Waals surface area contributed by atoms with Crippen LogP contribution in [-0.2, 0) is 4.74 Å². The summed E-state index contributed by atoms with van der Waals surface area (Å²) in [4.78, 5) is 28.4. The highest BCUT2D eigenvalue weighted by Crippen LogP contribution is 2.41. The Labute approximate surface area is 197 Å². The minimum Gasteiger partial charge on any atom is -0.465 e. The first kappa shape index (κ1) is 21.8. The first-order chi connectivity index (χ1) is 16.5. The second-order valence-electron chi connectivity index (χ2n) is 8.79. The normalized spacial score (nSPS) is 13.9. The number of rotatable bonds is 5. The van der Waals surface area contributed by atoms with Crippen LogP contribution in [0.5, 0.6) is 0 Å². The van der Waals surface area contributed by atoms with Gasteiger partial charge in [-0.2, -0.15) is 0 Å². The Kier molecular flexibility index (Phi) is 5.61. The maximum absolute atomic E-state index is 12.1. The van der Waals surface area contributed by atoms with Gasteiger partial charge in [0, 0.05) is 23.7 Å². The first-order valence-corrected chi connectivity index (χ1v) is 11.4. The number of benzene rings is 3. The van der Waals surface area contributed by atoms with E-state index in [0.29, 0.717) is 22.5 Å². The molecule has 0 N–H and O–H groups in total. The smallest absolute Gasteiger partial charge is 0.337 e. The van der Waals surface area contributed by atoms with Crippen molar-refractivity contribution >= 4 is 22.7 Å². The lowest BCUT2D eigenvalue weighted by Crippen LogP contribution is -2.07. The van der Waals surface area contributed by atoms with Crippen LogP contribution in [-0.4, -0.2) is 27.6 Å². The number of aromatic nitrogens is 2. The van der Waals surface area contributed by atoms with E-state index in [2.05, 4.69) is 4.57 Å². The standard InChI is InChI=1S/C27H25N3O4/c1-17-7-9-18(10-8-17)22-13-12-21(30(32)33)16-23(22)26-28-24-15-19(27(31)34-2)11-14-25(24)29(26)20-5-3-4-6-20/h7-16,20H,3-6H2,1-2H3. The Morgan fingerprint density at radius 1 is 1.03 bits per heavy atom. The highest BCUT2D eigenvalue weighted by molar-refractivity contribution is 5.95. The van der Waals surface area contributed by atoms with Gasteiger partial charge in [-0.1, -0.05) is 42.7 Å². The fourth-order valence-electron chi connectivity index (χ4n) is 4.88. The van der Waals surface area contributed by atoms with E-state index in [4.69, 9.17) is 9.72 Å². The second-order valence-corrected chi connectivity index (χ2v) is 8.79. The average Bonchev–Trinajstić information content (AvgIpc) is 3.50. The number of nitrogens with zero attached hydrogens (tertiary/aromatic N) is 3. The molecule has 4 aromatic rings. The van der Waals surface area contributed by atoms with Gasteiger partial charge in [-0.15, -0.1) is 0 Å². The second kappa shape index (κ2) is 8.74. The fourth-order valence-corrected chi connectivity index (χ4v) is 4.88. The minimum absolute atomic E-state index is 0.0196. The Hall–Kier alpha value is -4.00. The third kappa shape index (κ3) is 3.83. The van der Waals surface area contributed by atoms with Crippen molar-refractivity contribution in [3.63, 3.8) is 0 Å². The topological polar surface area (TPSA) is 87.3 Å². The van der Waals surface area contributed by atoms with Gasteiger partial charge < -0.3 is 9.30 Å². The molecule has 3 aromatic carbocycles. The molecule has 172 valence electrons. The molecule has 1 aromatic heterocycles. The van der Waals surface area contributed by atoms with Crippen molar-refractivity contribution in [3.8, 4) is 22.5 Å². The van der Waals surface area contributed by atoms with Gasteiger partial charge >= 0.3 is 5.97 Å². The molecule has 1 heterocycles. The first-order valence-electron chi connectivity index (χ1n) is 11.4. The number of hydrogen-bond donors (Lipinski definition) is 0. The number of nitro benzene ring substituents is 1. The molecule has 0 bridgehead atoms. The number of imidazole rings is 1. The minimum atomic E-state index is -0.422. The summed E-state index contributed by atoms with van der Waals surface area (Å²) in [6, 6.07) is 18.7. The highest BCUT2D eigenvalue weighted by atomic mass is 16.6. The summed E-state index contributed by atoms with van der Waals surface area (Å²) in [6.45, 7) is 2.03. The molecule has 5 rings (SSSR count). The van der Waals surface area contributed by atoms with Crippen molar-refractivity contribution in [1.82, 2.24) is 9.55 Å². The Morgan fingerprint density at radius 2 is 1.76 bits per heavy atom. The van der Waals surface area contributed by atoms with E-state index in [0.717, 1.165) is 47.9 Å². The summed E-state index contributed by atoms with van der Waals surface area (Å²) >= 11 is 0. The SMILES string of the molecule is COC(=O)c1ccc2c(c1)nc(-c1cc([N+](=O)[O-])ccc1-c1ccc(C)cc1)n2C1CCCC1. The average molecular weight is 456 g/mol. The van der Waals surface area contributed by atoms with Crippen molar-refractivity contribution in [2.45, 2.75) is 38.6 Å². The van der Waals surface area contributed by atoms with Crippen LogP contribution in [0, 0.1) is 17.0 Å². The molecule has 0 spiro atoms. The summed E-state index contributed by atoms with van der Waals surface area (Å²) in [7, 11) is 1.35. The molecule has 0 aliphatic heterocycles. The molecule has 1 fully saturated rings. The van der Waals surface area contributed by atoms with Gasteiger partial charge in [0.15, 0.2) is 0 Å². The zero-order valence-corrected chi connectivity index (χ0v) is 19.2. The molecule has 1 aliphatic carbocycles. The van der Waals surface area contributed by atoms with Crippen LogP contribution in [0.15, 0.2) is 60.7 Å². The van der Waals surface area contributed by atoms with Gasteiger partial charge in [0.2, 0.25) is 0 Å². The van der Waals surface area contributed by atoms with Gasteiger partial charge in [-0.3, -0.25) is 10.1 Å². The largest absolute Gasteiger partial charge is 0.465 e. The van der Waals surface area contributed by atoms with Gasteiger partial charge in [-0.25, -0.2) is 9.78 Å². The quantitative estimate of drug-likeness (QED) is 0.195. The lowest BCUT2D eigenvalue weighted by molar-refractivity contribution is -0.384. The summed E-state index contributed by atoms with van der Waals surface area (Å²) in [6.07, 6.45) is 4.30. The number of nitro groups is 1. The van der Waals surface area contributed by atoms with E-state index in [1.807, 2.05) is 37.3 Å². The van der Waals surface area contributed by atoms with Gasteiger partial charge in [-0.05, 0) is 55.2 Å². The summed E-state index contributed by atoms with van der Waals surface area (Å²) in [5.74, 6) is 0.262. The predicted octanol–water partition coefficient (Wildman–Crippen LogP) is 6.49. The summed E-state index contributed by atoms with van der Waals surface area (Å²) in [5.41, 5.74) is 5.73. The number of fused-ring (bicyclic) bond motifs is 1. The lowest BCUT2D eigenvalue weighted by atomic mass is 9.97. The van der Waals surface area contributed by atoms with E-state index in [9.17, 15) is 14.9 Å². The van der Waals surface area contributed by atoms with Crippen molar-refractivity contribution in [2.24, 2.45) is 0 Å². The molecule has 0 radical (unpaired) electrons. The predicted molar refractivity (Wildman–Crippen MR) is 131 cm³/mol. The van der Waals surface area contributed by atoms with E-state index >= 15 is 0 Å². The van der Waals surface area contributed by atoms with E-state index in [1.54, 1.807) is 24.3 Å². The molecular formula is C27H25N3O4. The summed E-state index contributed by atoms with van der Waals surface area (Å²) < 4.78 is 7.10. The molecule has 7 nitrogen and oxygen atoms in total. The number of aryl methyl sites for hydroxylation is 1. The molecule has 0 atom stereocenters. The number of carbonyl (C=O) groups is 1. The Morgan fingerprint density at radius 3 is 2.44 bits per heavy atom. The number of methoxy groups -OCH3 is 1. The van der Waals surface area contributed by atoms with Crippen molar-refractivity contribution in [3.05, 3.63) is 81.9 Å². The van der Waals surface area contributed by atoms with Crippen LogP contribution >= 0.6 is 0 Å². The highest BCUT2D eigenvalue weighted by Gasteiger charge is 2.26. The number of non-ortho nitro benzene ring substituents is 1. The molecule has 0 amide bonds. The number of ether oxygens (including phenoxy) is 1. The molecule has 1 saturated carbocycles. The molecule has 1 aliphatic rings. The van der Waals surface area contributed by atoms with Gasteiger partial charge in [0.1, 0.15) is 5.82 Å². The maximum atomic E-state index is 12.1. The molecular weight excluding hydrogens is 430 g/mol. The number of esters is 1. The van der Waals surface area contributed by atoms with E-state index in [1.165, 1.54) is 13.2 Å². The molecule has 0 unspecified atom stereocenters. The Bertz CT molecular complexity index is 1400. The molecule has 34 heavy (non-hydrogen) atoms. The van der Waals surface area contributed by atoms with Crippen LogP contribution in [0.4, 0.5) is 5.69 Å². The van der Waals surface area contributed by atoms with Crippen molar-refractivity contribution in [2.75, 3.05) is 7.11 Å². The zero-order valence-electron chi connectivity index (χ0n) is 19.2. The molecule has 0 saturated heterocycles. The summed E-state index contributed by atoms with van der Waals surface area (Å²) in [5, 5.41) is 11.7. The third-order valence-electron chi connectivity index (χ3n) is 6.62. The zero-order chi connectivity index (χ0) is 23.8. The number of carbonyl (C=O) groups excluding carboxylic acids is 1. The van der Waals surface area contributed by atoms with Gasteiger partial charge in [0.25, 0.3) is 5.69 Å². The van der Waals surface area contributed by atoms with Crippen molar-refractivity contribution < 1.29 is 14.5 Å². The number of hydrogen-bond acceptors (Lipinski definition) is 5. The maximum Gasteiger partial charge on any atom is 0.337 e. The monoisotopic (exact) mass is 455 g/mol. The third-order valence-corrected chi connectivity index (χ3v) is 6.62. The van der Waals surface area contributed by atoms with Crippen molar-refractivity contribution in [1.29, 1.82) is 0 Å². The molecule has 7 heteroatoms. The van der Waals surface area contributed by atoms with Crippen LogP contribution in [0.1, 0.15) is 47.6 Å². The Balaban J connectivity index is 1.79. The lowest BCUT2D eigenvalue weighted by Gasteiger charge is -2.18. The van der Waals surface area contributed by atoms with Gasteiger partial charge in [0.05, 0.1) is 28.6 Å². The van der Waals surface area contributed by atoms with Crippen LogP contribution in [0.3, 0.4) is 0 Å². The van der Waals surface area contributed by atoms with Crippen LogP contribution in [0.2, 0.25) is 0 Å². The van der Waals surface area contributed by atoms with Crippen LogP contribution in [0.25, 0.3) is 33.5 Å². The van der Waals surface area contributed by atoms with Crippen LogP contribution < -0.4 is 0 Å².